The minimum atomic E-state index is -0.00783. The van der Waals surface area contributed by atoms with Crippen LogP contribution < -0.4 is 5.32 Å². The van der Waals surface area contributed by atoms with E-state index in [2.05, 4.69) is 22.4 Å². The van der Waals surface area contributed by atoms with E-state index in [1.807, 2.05) is 47.9 Å². The number of thioether (sulfide) groups is 1. The Morgan fingerprint density at radius 1 is 1.29 bits per heavy atom. The quantitative estimate of drug-likeness (QED) is 0.512. The lowest BCUT2D eigenvalue weighted by atomic mass is 10.2. The van der Waals surface area contributed by atoms with Crippen LogP contribution in [0, 0.1) is 0 Å². The van der Waals surface area contributed by atoms with E-state index in [0.717, 1.165) is 24.2 Å². The molecule has 2 heterocycles. The predicted octanol–water partition coefficient (Wildman–Crippen LogP) is 4.64. The number of halogens is 1. The summed E-state index contributed by atoms with van der Waals surface area (Å²) in [6, 6.07) is 11.4. The summed E-state index contributed by atoms with van der Waals surface area (Å²) in [6.45, 7) is 4.60. The van der Waals surface area contributed by atoms with Crippen LogP contribution in [0.1, 0.15) is 32.4 Å². The van der Waals surface area contributed by atoms with Crippen molar-refractivity contribution in [2.75, 3.05) is 5.75 Å². The zero-order valence-corrected chi connectivity index (χ0v) is 17.5. The van der Waals surface area contributed by atoms with Crippen LogP contribution in [0.4, 0.5) is 0 Å². The zero-order chi connectivity index (χ0) is 19.9. The third kappa shape index (κ3) is 5.39. The van der Waals surface area contributed by atoms with Crippen molar-refractivity contribution in [3.05, 3.63) is 53.4 Å². The largest absolute Gasteiger partial charge is 0.467 e. The first-order chi connectivity index (χ1) is 13.6. The van der Waals surface area contributed by atoms with E-state index in [1.54, 1.807) is 6.26 Å². The molecule has 0 aliphatic carbocycles. The number of carbonyl (C=O) groups is 1. The average molecular weight is 419 g/mol. The lowest BCUT2D eigenvalue weighted by Gasteiger charge is -2.13. The molecule has 3 aromatic rings. The molecule has 0 bridgehead atoms. The minimum absolute atomic E-state index is 0.00783. The normalized spacial score (nSPS) is 12.1. The van der Waals surface area contributed by atoms with E-state index in [9.17, 15) is 4.79 Å². The van der Waals surface area contributed by atoms with Crippen LogP contribution in [0.3, 0.4) is 0 Å². The molecule has 0 radical (unpaired) electrons. The van der Waals surface area contributed by atoms with Crippen molar-refractivity contribution in [1.29, 1.82) is 0 Å². The first-order valence-electron chi connectivity index (χ1n) is 9.20. The zero-order valence-electron chi connectivity index (χ0n) is 15.9. The van der Waals surface area contributed by atoms with E-state index < -0.39 is 0 Å². The molecule has 0 fully saturated rings. The van der Waals surface area contributed by atoms with Crippen molar-refractivity contribution in [3.8, 4) is 11.4 Å². The molecule has 0 saturated heterocycles. The Kier molecular flexibility index (Phi) is 7.17. The highest BCUT2D eigenvalue weighted by Crippen LogP contribution is 2.26. The van der Waals surface area contributed by atoms with E-state index in [1.165, 1.54) is 11.8 Å². The van der Waals surface area contributed by atoms with E-state index in [4.69, 9.17) is 16.0 Å². The number of nitrogens with zero attached hydrogens (tertiary/aromatic N) is 3. The lowest BCUT2D eigenvalue weighted by molar-refractivity contribution is -0.119. The number of aromatic nitrogens is 3. The minimum Gasteiger partial charge on any atom is -0.467 e. The molecule has 0 spiro atoms. The Morgan fingerprint density at radius 3 is 2.75 bits per heavy atom. The molecule has 3 rings (SSSR count). The summed E-state index contributed by atoms with van der Waals surface area (Å²) in [5.74, 6) is 1.77. The smallest absolute Gasteiger partial charge is 0.230 e. The molecule has 0 aliphatic rings. The summed E-state index contributed by atoms with van der Waals surface area (Å²) in [4.78, 5) is 12.2. The van der Waals surface area contributed by atoms with Gasteiger partial charge in [-0.15, -0.1) is 10.2 Å². The number of nitrogens with one attached hydrogen (secondary N) is 1. The molecule has 1 N–H and O–H groups in total. The van der Waals surface area contributed by atoms with Crippen LogP contribution >= 0.6 is 23.4 Å². The lowest BCUT2D eigenvalue weighted by Crippen LogP contribution is -2.33. The summed E-state index contributed by atoms with van der Waals surface area (Å²) >= 11 is 7.37. The van der Waals surface area contributed by atoms with Crippen LogP contribution in [0.5, 0.6) is 0 Å². The van der Waals surface area contributed by atoms with Crippen LogP contribution in [0.15, 0.2) is 52.2 Å². The Balaban J connectivity index is 1.78. The second kappa shape index (κ2) is 9.80. The van der Waals surface area contributed by atoms with Gasteiger partial charge in [0.05, 0.1) is 18.6 Å². The maximum absolute atomic E-state index is 12.2. The van der Waals surface area contributed by atoms with Gasteiger partial charge in [0, 0.05) is 16.6 Å². The van der Waals surface area contributed by atoms with Gasteiger partial charge in [-0.25, -0.2) is 0 Å². The van der Waals surface area contributed by atoms with Crippen molar-refractivity contribution >= 4 is 29.3 Å². The van der Waals surface area contributed by atoms with Gasteiger partial charge in [0.25, 0.3) is 0 Å². The van der Waals surface area contributed by atoms with Gasteiger partial charge in [0.15, 0.2) is 11.0 Å². The fourth-order valence-electron chi connectivity index (χ4n) is 2.86. The summed E-state index contributed by atoms with van der Waals surface area (Å²) < 4.78 is 7.44. The fourth-order valence-corrected chi connectivity index (χ4v) is 3.74. The maximum atomic E-state index is 12.2. The third-order valence-electron chi connectivity index (χ3n) is 4.17. The van der Waals surface area contributed by atoms with Crippen molar-refractivity contribution in [1.82, 2.24) is 20.1 Å². The van der Waals surface area contributed by atoms with Gasteiger partial charge in [0.1, 0.15) is 5.76 Å². The summed E-state index contributed by atoms with van der Waals surface area (Å²) in [6.07, 6.45) is 3.64. The third-order valence-corrected chi connectivity index (χ3v) is 5.39. The van der Waals surface area contributed by atoms with Crippen LogP contribution in [-0.4, -0.2) is 32.5 Å². The number of hydrogen-bond donors (Lipinski definition) is 1. The van der Waals surface area contributed by atoms with Gasteiger partial charge in [-0.3, -0.25) is 9.36 Å². The van der Waals surface area contributed by atoms with Gasteiger partial charge in [0.2, 0.25) is 5.91 Å². The van der Waals surface area contributed by atoms with Crippen LogP contribution in [-0.2, 0) is 11.3 Å². The molecule has 148 valence electrons. The molecule has 1 atom stereocenters. The molecule has 28 heavy (non-hydrogen) atoms. The highest BCUT2D eigenvalue weighted by atomic mass is 35.5. The highest BCUT2D eigenvalue weighted by Gasteiger charge is 2.17. The molecule has 0 saturated carbocycles. The molecular weight excluding hydrogens is 396 g/mol. The Labute approximate surface area is 173 Å². The monoisotopic (exact) mass is 418 g/mol. The average Bonchev–Trinajstić information content (AvgIpc) is 3.31. The van der Waals surface area contributed by atoms with Gasteiger partial charge in [-0.05, 0) is 49.7 Å². The van der Waals surface area contributed by atoms with Crippen LogP contribution in [0.2, 0.25) is 5.02 Å². The topological polar surface area (TPSA) is 73.0 Å². The molecule has 1 aromatic carbocycles. The molecule has 6 nitrogen and oxygen atoms in total. The molecule has 8 heteroatoms. The number of furan rings is 1. The number of hydrogen-bond acceptors (Lipinski definition) is 5. The summed E-state index contributed by atoms with van der Waals surface area (Å²) in [5.41, 5.74) is 0.899. The number of benzene rings is 1. The van der Waals surface area contributed by atoms with Crippen molar-refractivity contribution in [2.45, 2.75) is 44.4 Å². The van der Waals surface area contributed by atoms with Gasteiger partial charge < -0.3 is 9.73 Å². The van der Waals surface area contributed by atoms with Crippen molar-refractivity contribution < 1.29 is 9.21 Å². The Morgan fingerprint density at radius 2 is 2.07 bits per heavy atom. The predicted molar refractivity (Wildman–Crippen MR) is 112 cm³/mol. The SMILES string of the molecule is CCCC(C)NC(=O)CSc1nnc(-c2ccc(Cl)cc2)n1Cc1ccco1. The highest BCUT2D eigenvalue weighted by molar-refractivity contribution is 7.99. The number of carbonyl (C=O) groups excluding carboxylic acids is 1. The first kappa shape index (κ1) is 20.5. The van der Waals surface area contributed by atoms with Gasteiger partial charge >= 0.3 is 0 Å². The van der Waals surface area contributed by atoms with E-state index in [-0.39, 0.29) is 17.7 Å². The Bertz CT molecular complexity index is 894. The fraction of sp³-hybridized carbons (Fsp3) is 0.350. The molecule has 0 aliphatic heterocycles. The van der Waals surface area contributed by atoms with Gasteiger partial charge in [-0.2, -0.15) is 0 Å². The van der Waals surface area contributed by atoms with Crippen molar-refractivity contribution in [3.63, 3.8) is 0 Å². The van der Waals surface area contributed by atoms with Gasteiger partial charge in [-0.1, -0.05) is 36.7 Å². The molecular formula is C20H23ClN4O2S. The number of rotatable bonds is 9. The van der Waals surface area contributed by atoms with Crippen LogP contribution in [0.25, 0.3) is 11.4 Å². The second-order valence-corrected chi connectivity index (χ2v) is 7.90. The molecule has 1 unspecified atom stereocenters. The number of amides is 1. The van der Waals surface area contributed by atoms with E-state index >= 15 is 0 Å². The molecule has 1 amide bonds. The van der Waals surface area contributed by atoms with Crippen molar-refractivity contribution in [2.24, 2.45) is 0 Å². The first-order valence-corrected chi connectivity index (χ1v) is 10.6. The molecule has 2 aromatic heterocycles. The second-order valence-electron chi connectivity index (χ2n) is 6.52. The summed E-state index contributed by atoms with van der Waals surface area (Å²) in [7, 11) is 0. The Hall–Kier alpha value is -2.25. The maximum Gasteiger partial charge on any atom is 0.230 e. The standard InChI is InChI=1S/C20H23ClN4O2S/c1-3-5-14(2)22-18(26)13-28-20-24-23-19(15-7-9-16(21)10-8-15)25(20)12-17-6-4-11-27-17/h4,6-11,14H,3,5,12-13H2,1-2H3,(H,22,26). The summed E-state index contributed by atoms with van der Waals surface area (Å²) in [5, 5.41) is 13.0. The van der Waals surface area contributed by atoms with E-state index in [0.29, 0.717) is 22.5 Å².